The molecule has 188 valence electrons. The van der Waals surface area contributed by atoms with Gasteiger partial charge in [-0.15, -0.1) is 0 Å². The fourth-order valence-electron chi connectivity index (χ4n) is 4.26. The number of nitrogens with zero attached hydrogens (tertiary/aromatic N) is 2. The summed E-state index contributed by atoms with van der Waals surface area (Å²) in [6.07, 6.45) is 3.00. The molecule has 2 aromatic rings. The molecule has 2 heterocycles. The average Bonchev–Trinajstić information content (AvgIpc) is 2.88. The molecule has 0 saturated carbocycles. The van der Waals surface area contributed by atoms with Gasteiger partial charge in [-0.1, -0.05) is 54.6 Å². The van der Waals surface area contributed by atoms with Gasteiger partial charge in [0.05, 0.1) is 12.6 Å². The third kappa shape index (κ3) is 6.01. The van der Waals surface area contributed by atoms with Gasteiger partial charge in [-0.2, -0.15) is 0 Å². The van der Waals surface area contributed by atoms with E-state index in [0.717, 1.165) is 16.0 Å². The molecule has 2 atom stereocenters. The molecule has 0 spiro atoms. The summed E-state index contributed by atoms with van der Waals surface area (Å²) in [7, 11) is 0. The molecule has 2 aliphatic rings. The SMILES string of the molecule is O=C(N[C@H]1C/C=C/CCNC(=O)[C@H]2CN(C(=O)O)CC(=O)N2c2cccc1c2)OCc1ccccc1. The summed E-state index contributed by atoms with van der Waals surface area (Å²) in [6.45, 7) is -0.0261. The summed E-state index contributed by atoms with van der Waals surface area (Å²) in [5, 5.41) is 15.1. The lowest BCUT2D eigenvalue weighted by Crippen LogP contribution is -2.62. The predicted octanol–water partition coefficient (Wildman–Crippen LogP) is 2.82. The molecule has 4 rings (SSSR count). The number of carbonyl (C=O) groups is 4. The molecule has 3 N–H and O–H groups in total. The number of ether oxygens (including phenoxy) is 1. The Balaban J connectivity index is 1.59. The zero-order chi connectivity index (χ0) is 25.5. The van der Waals surface area contributed by atoms with E-state index in [0.29, 0.717) is 25.1 Å². The number of amides is 4. The Morgan fingerprint density at radius 3 is 2.67 bits per heavy atom. The standard InChI is InChI=1S/C26H28N4O6/c31-23-16-29(26(34)35)15-22-24(32)27-13-6-2-5-12-21(19-10-7-11-20(14-19)30(22)23)28-25(33)36-17-18-8-3-1-4-9-18/h1-5,7-11,14,21-22H,6,12-13,15-17H2,(H,27,32)(H,28,33)(H,34,35)/b5-2+/t21-,22+/m0/s1. The van der Waals surface area contributed by atoms with E-state index in [1.165, 1.54) is 4.90 Å². The average molecular weight is 493 g/mol. The maximum Gasteiger partial charge on any atom is 0.407 e. The number of anilines is 1. The molecular weight excluding hydrogens is 464 g/mol. The number of carboxylic acid groups (broad SMARTS) is 1. The topological polar surface area (TPSA) is 128 Å². The Morgan fingerprint density at radius 2 is 1.89 bits per heavy atom. The normalized spacial score (nSPS) is 21.1. The van der Waals surface area contributed by atoms with Crippen LogP contribution in [-0.4, -0.2) is 59.7 Å². The van der Waals surface area contributed by atoms with Crippen molar-refractivity contribution in [1.82, 2.24) is 15.5 Å². The van der Waals surface area contributed by atoms with E-state index >= 15 is 0 Å². The van der Waals surface area contributed by atoms with Gasteiger partial charge < -0.3 is 20.5 Å². The number of piperazine rings is 1. The van der Waals surface area contributed by atoms with E-state index < -0.39 is 36.1 Å². The second kappa shape index (κ2) is 11.4. The molecule has 4 amide bonds. The first kappa shape index (κ1) is 24.8. The molecule has 36 heavy (non-hydrogen) atoms. The van der Waals surface area contributed by atoms with Crippen LogP contribution in [0.5, 0.6) is 0 Å². The van der Waals surface area contributed by atoms with Crippen molar-refractivity contribution in [3.8, 4) is 0 Å². The van der Waals surface area contributed by atoms with E-state index in [4.69, 9.17) is 4.74 Å². The van der Waals surface area contributed by atoms with Crippen LogP contribution in [-0.2, 0) is 20.9 Å². The highest BCUT2D eigenvalue weighted by Crippen LogP contribution is 2.27. The molecule has 10 heteroatoms. The van der Waals surface area contributed by atoms with Crippen LogP contribution >= 0.6 is 0 Å². The van der Waals surface area contributed by atoms with Crippen molar-refractivity contribution >= 4 is 29.7 Å². The van der Waals surface area contributed by atoms with E-state index in [9.17, 15) is 24.3 Å². The Morgan fingerprint density at radius 1 is 1.08 bits per heavy atom. The lowest BCUT2D eigenvalue weighted by molar-refractivity contribution is -0.129. The van der Waals surface area contributed by atoms with Crippen molar-refractivity contribution < 1.29 is 29.0 Å². The van der Waals surface area contributed by atoms with Gasteiger partial charge in [-0.05, 0) is 36.1 Å². The highest BCUT2D eigenvalue weighted by Gasteiger charge is 2.39. The zero-order valence-corrected chi connectivity index (χ0v) is 19.6. The van der Waals surface area contributed by atoms with Crippen LogP contribution in [0.2, 0.25) is 0 Å². The van der Waals surface area contributed by atoms with E-state index in [2.05, 4.69) is 10.6 Å². The van der Waals surface area contributed by atoms with Gasteiger partial charge in [0, 0.05) is 12.2 Å². The van der Waals surface area contributed by atoms with Gasteiger partial charge in [0.2, 0.25) is 11.8 Å². The third-order valence-corrected chi connectivity index (χ3v) is 6.08. The van der Waals surface area contributed by atoms with E-state index in [1.807, 2.05) is 48.6 Å². The summed E-state index contributed by atoms with van der Waals surface area (Å²) in [5.41, 5.74) is 2.04. The minimum absolute atomic E-state index is 0.132. The largest absolute Gasteiger partial charge is 0.465 e. The Labute approximate surface area is 208 Å². The first-order valence-electron chi connectivity index (χ1n) is 11.7. The lowest BCUT2D eigenvalue weighted by atomic mass is 10.0. The van der Waals surface area contributed by atoms with Gasteiger partial charge in [0.1, 0.15) is 19.2 Å². The minimum Gasteiger partial charge on any atom is -0.465 e. The molecule has 0 radical (unpaired) electrons. The van der Waals surface area contributed by atoms with Crippen LogP contribution < -0.4 is 15.5 Å². The number of rotatable bonds is 3. The zero-order valence-electron chi connectivity index (χ0n) is 19.6. The minimum atomic E-state index is -1.26. The second-order valence-corrected chi connectivity index (χ2v) is 8.58. The number of hydrogen-bond acceptors (Lipinski definition) is 5. The molecule has 1 saturated heterocycles. The maximum absolute atomic E-state index is 13.0. The summed E-state index contributed by atoms with van der Waals surface area (Å²) < 4.78 is 5.39. The van der Waals surface area contributed by atoms with Crippen molar-refractivity contribution in [2.75, 3.05) is 24.5 Å². The molecule has 2 aromatic carbocycles. The van der Waals surface area contributed by atoms with Crippen molar-refractivity contribution in [3.05, 3.63) is 77.9 Å². The van der Waals surface area contributed by atoms with Crippen LogP contribution in [0.4, 0.5) is 15.3 Å². The quantitative estimate of drug-likeness (QED) is 0.566. The highest BCUT2D eigenvalue weighted by atomic mass is 16.5. The summed E-state index contributed by atoms with van der Waals surface area (Å²) in [5.74, 6) is -0.924. The van der Waals surface area contributed by atoms with Gasteiger partial charge in [-0.3, -0.25) is 19.4 Å². The highest BCUT2D eigenvalue weighted by molar-refractivity contribution is 6.04. The molecule has 2 bridgehead atoms. The fourth-order valence-corrected chi connectivity index (χ4v) is 4.26. The fraction of sp³-hybridized carbons (Fsp3) is 0.308. The molecule has 1 fully saturated rings. The Bertz CT molecular complexity index is 1150. The first-order valence-corrected chi connectivity index (χ1v) is 11.7. The van der Waals surface area contributed by atoms with Crippen LogP contribution in [0.1, 0.15) is 30.0 Å². The molecular formula is C26H28N4O6. The number of fused-ring (bicyclic) bond motifs is 4. The van der Waals surface area contributed by atoms with Crippen molar-refractivity contribution in [3.63, 3.8) is 0 Å². The molecule has 0 aromatic heterocycles. The predicted molar refractivity (Wildman–Crippen MR) is 131 cm³/mol. The van der Waals surface area contributed by atoms with Crippen LogP contribution in [0.3, 0.4) is 0 Å². The van der Waals surface area contributed by atoms with Crippen molar-refractivity contribution in [2.24, 2.45) is 0 Å². The van der Waals surface area contributed by atoms with Crippen molar-refractivity contribution in [1.29, 1.82) is 0 Å². The van der Waals surface area contributed by atoms with Gasteiger partial charge in [-0.25, -0.2) is 9.59 Å². The van der Waals surface area contributed by atoms with Gasteiger partial charge in [0.15, 0.2) is 0 Å². The van der Waals surface area contributed by atoms with Crippen LogP contribution in [0, 0.1) is 0 Å². The molecule has 0 unspecified atom stereocenters. The van der Waals surface area contributed by atoms with E-state index in [1.54, 1.807) is 18.2 Å². The number of nitrogens with one attached hydrogen (secondary N) is 2. The number of carbonyl (C=O) groups excluding carboxylic acids is 3. The summed E-state index contributed by atoms with van der Waals surface area (Å²) in [4.78, 5) is 52.3. The summed E-state index contributed by atoms with van der Waals surface area (Å²) in [6, 6.07) is 14.9. The molecule has 2 aliphatic heterocycles. The molecule has 10 nitrogen and oxygen atoms in total. The van der Waals surface area contributed by atoms with Gasteiger partial charge >= 0.3 is 12.2 Å². The Hall–Kier alpha value is -4.34. The maximum atomic E-state index is 13.0. The van der Waals surface area contributed by atoms with Gasteiger partial charge in [0.25, 0.3) is 0 Å². The van der Waals surface area contributed by atoms with Crippen molar-refractivity contribution in [2.45, 2.75) is 31.5 Å². The van der Waals surface area contributed by atoms with Crippen LogP contribution in [0.15, 0.2) is 66.7 Å². The number of hydrogen-bond donors (Lipinski definition) is 3. The smallest absolute Gasteiger partial charge is 0.407 e. The first-order chi connectivity index (χ1) is 17.4. The third-order valence-electron chi connectivity index (χ3n) is 6.08. The lowest BCUT2D eigenvalue weighted by Gasteiger charge is -2.39. The van der Waals surface area contributed by atoms with Crippen LogP contribution in [0.25, 0.3) is 0 Å². The number of benzene rings is 2. The second-order valence-electron chi connectivity index (χ2n) is 8.58. The monoisotopic (exact) mass is 492 g/mol. The summed E-state index contributed by atoms with van der Waals surface area (Å²) >= 11 is 0. The van der Waals surface area contributed by atoms with E-state index in [-0.39, 0.29) is 19.7 Å². The number of alkyl carbamates (subject to hydrolysis) is 1. The Kier molecular flexibility index (Phi) is 7.84. The molecule has 0 aliphatic carbocycles.